The van der Waals surface area contributed by atoms with Gasteiger partial charge in [-0.05, 0) is 55.4 Å². The second kappa shape index (κ2) is 9.01. The lowest BCUT2D eigenvalue weighted by Crippen LogP contribution is -2.19. The molecule has 150 valence electrons. The lowest BCUT2D eigenvalue weighted by molar-refractivity contribution is -0.115. The molecule has 1 aliphatic rings. The molecule has 0 aromatic heterocycles. The van der Waals surface area contributed by atoms with Crippen molar-refractivity contribution in [3.8, 4) is 5.75 Å². The van der Waals surface area contributed by atoms with Gasteiger partial charge in [-0.25, -0.2) is 4.99 Å². The van der Waals surface area contributed by atoms with Gasteiger partial charge in [-0.15, -0.1) is 0 Å². The molecule has 4 nitrogen and oxygen atoms in total. The van der Waals surface area contributed by atoms with E-state index in [-0.39, 0.29) is 5.91 Å². The Labute approximate surface area is 180 Å². The first-order valence-electron chi connectivity index (χ1n) is 9.70. The van der Waals surface area contributed by atoms with E-state index in [0.717, 1.165) is 22.6 Å². The lowest BCUT2D eigenvalue weighted by atomic mass is 10.1. The molecule has 5 heteroatoms. The van der Waals surface area contributed by atoms with Crippen LogP contribution in [0.3, 0.4) is 0 Å². The highest BCUT2D eigenvalue weighted by Crippen LogP contribution is 2.31. The highest BCUT2D eigenvalue weighted by atomic mass is 32.2. The number of hydrogen-bond donors (Lipinski definition) is 1. The van der Waals surface area contributed by atoms with Gasteiger partial charge in [0.1, 0.15) is 12.4 Å². The second-order valence-corrected chi connectivity index (χ2v) is 8.16. The largest absolute Gasteiger partial charge is 0.488 e. The molecule has 0 atom stereocenters. The highest BCUT2D eigenvalue weighted by molar-refractivity contribution is 8.18. The number of nitrogens with zero attached hydrogens (tertiary/aromatic N) is 1. The zero-order chi connectivity index (χ0) is 20.9. The fourth-order valence-electron chi connectivity index (χ4n) is 2.93. The van der Waals surface area contributed by atoms with Crippen LogP contribution in [0.25, 0.3) is 6.08 Å². The van der Waals surface area contributed by atoms with E-state index in [2.05, 4.69) is 41.5 Å². The third kappa shape index (κ3) is 4.99. The number of hydrogen-bond acceptors (Lipinski definition) is 4. The van der Waals surface area contributed by atoms with Gasteiger partial charge in [-0.2, -0.15) is 0 Å². The van der Waals surface area contributed by atoms with Crippen LogP contribution >= 0.6 is 11.8 Å². The Kier molecular flexibility index (Phi) is 6.00. The summed E-state index contributed by atoms with van der Waals surface area (Å²) in [5.41, 5.74) is 5.16. The number of amidine groups is 1. The molecule has 3 aromatic rings. The number of amides is 1. The summed E-state index contributed by atoms with van der Waals surface area (Å²) < 4.78 is 6.03. The van der Waals surface area contributed by atoms with Gasteiger partial charge >= 0.3 is 0 Å². The van der Waals surface area contributed by atoms with Gasteiger partial charge in [0.2, 0.25) is 0 Å². The van der Waals surface area contributed by atoms with Crippen molar-refractivity contribution in [3.63, 3.8) is 0 Å². The molecule has 1 saturated heterocycles. The molecule has 0 bridgehead atoms. The SMILES string of the molecule is Cc1ccc(COc2ccccc2/C=C2\SC(=Nc3ccc(C)cc3)NC2=O)cc1. The minimum Gasteiger partial charge on any atom is -0.488 e. The Morgan fingerprint density at radius 1 is 0.933 bits per heavy atom. The Bertz CT molecular complexity index is 1120. The van der Waals surface area contributed by atoms with Crippen LogP contribution in [-0.2, 0) is 11.4 Å². The maximum atomic E-state index is 12.4. The van der Waals surface area contributed by atoms with E-state index in [9.17, 15) is 4.79 Å². The summed E-state index contributed by atoms with van der Waals surface area (Å²) in [7, 11) is 0. The molecule has 1 heterocycles. The van der Waals surface area contributed by atoms with E-state index in [4.69, 9.17) is 4.74 Å². The van der Waals surface area contributed by atoms with E-state index in [1.807, 2.05) is 61.5 Å². The highest BCUT2D eigenvalue weighted by Gasteiger charge is 2.24. The van der Waals surface area contributed by atoms with Crippen LogP contribution in [0.1, 0.15) is 22.3 Å². The maximum Gasteiger partial charge on any atom is 0.264 e. The summed E-state index contributed by atoms with van der Waals surface area (Å²) in [6, 6.07) is 23.9. The van der Waals surface area contributed by atoms with Gasteiger partial charge in [0.05, 0.1) is 10.6 Å². The molecule has 0 unspecified atom stereocenters. The molecule has 0 spiro atoms. The van der Waals surface area contributed by atoms with Gasteiger partial charge in [0, 0.05) is 5.56 Å². The Balaban J connectivity index is 1.51. The summed E-state index contributed by atoms with van der Waals surface area (Å²) >= 11 is 1.33. The predicted molar refractivity (Wildman–Crippen MR) is 124 cm³/mol. The van der Waals surface area contributed by atoms with Crippen LogP contribution in [0, 0.1) is 13.8 Å². The number of benzene rings is 3. The van der Waals surface area contributed by atoms with Crippen molar-refractivity contribution >= 4 is 34.6 Å². The van der Waals surface area contributed by atoms with Crippen LogP contribution in [0.15, 0.2) is 82.7 Å². The average molecular weight is 415 g/mol. The summed E-state index contributed by atoms with van der Waals surface area (Å²) in [4.78, 5) is 17.5. The normalized spacial score (nSPS) is 16.1. The number of aryl methyl sites for hydroxylation is 2. The molecule has 3 aromatic carbocycles. The first-order valence-corrected chi connectivity index (χ1v) is 10.5. The number of carbonyl (C=O) groups is 1. The first kappa shape index (κ1) is 20.0. The maximum absolute atomic E-state index is 12.4. The second-order valence-electron chi connectivity index (χ2n) is 7.13. The third-order valence-corrected chi connectivity index (χ3v) is 5.55. The van der Waals surface area contributed by atoms with Gasteiger partial charge < -0.3 is 10.1 Å². The number of aliphatic imine (C=N–C) groups is 1. The van der Waals surface area contributed by atoms with Gasteiger partial charge in [0.25, 0.3) is 5.91 Å². The van der Waals surface area contributed by atoms with Crippen LogP contribution in [0.4, 0.5) is 5.69 Å². The minimum absolute atomic E-state index is 0.154. The van der Waals surface area contributed by atoms with Crippen molar-refractivity contribution in [1.82, 2.24) is 5.32 Å². The van der Waals surface area contributed by atoms with Crippen molar-refractivity contribution in [3.05, 3.63) is 100.0 Å². The molecule has 1 amide bonds. The smallest absolute Gasteiger partial charge is 0.264 e. The summed E-state index contributed by atoms with van der Waals surface area (Å²) in [6.07, 6.45) is 1.85. The zero-order valence-corrected chi connectivity index (χ0v) is 17.7. The number of thioether (sulfide) groups is 1. The molecular formula is C25H22N2O2S. The zero-order valence-electron chi connectivity index (χ0n) is 16.9. The quantitative estimate of drug-likeness (QED) is 0.539. The Morgan fingerprint density at radius 3 is 2.33 bits per heavy atom. The van der Waals surface area contributed by atoms with E-state index < -0.39 is 0 Å². The van der Waals surface area contributed by atoms with Crippen molar-refractivity contribution in [2.45, 2.75) is 20.5 Å². The van der Waals surface area contributed by atoms with Gasteiger partial charge in [-0.1, -0.05) is 65.7 Å². The topological polar surface area (TPSA) is 50.7 Å². The van der Waals surface area contributed by atoms with Crippen molar-refractivity contribution in [2.75, 3.05) is 0 Å². The minimum atomic E-state index is -0.154. The fraction of sp³-hybridized carbons (Fsp3) is 0.120. The fourth-order valence-corrected chi connectivity index (χ4v) is 3.77. The molecule has 30 heavy (non-hydrogen) atoms. The van der Waals surface area contributed by atoms with Crippen molar-refractivity contribution in [2.24, 2.45) is 4.99 Å². The van der Waals surface area contributed by atoms with Crippen molar-refractivity contribution < 1.29 is 9.53 Å². The standard InChI is InChI=1S/C25H22N2O2S/c1-17-7-11-19(12-8-17)16-29-22-6-4-3-5-20(22)15-23-24(28)27-25(30-23)26-21-13-9-18(2)10-14-21/h3-15H,16H2,1-2H3,(H,26,27,28)/b23-15-. The van der Waals surface area contributed by atoms with Gasteiger partial charge in [-0.3, -0.25) is 4.79 Å². The Morgan fingerprint density at radius 2 is 1.60 bits per heavy atom. The summed E-state index contributed by atoms with van der Waals surface area (Å²) in [5, 5.41) is 3.41. The summed E-state index contributed by atoms with van der Waals surface area (Å²) in [6.45, 7) is 4.56. The molecule has 1 aliphatic heterocycles. The Hall–Kier alpha value is -3.31. The number of ether oxygens (including phenoxy) is 1. The lowest BCUT2D eigenvalue weighted by Gasteiger charge is -2.10. The predicted octanol–water partition coefficient (Wildman–Crippen LogP) is 5.77. The van der Waals surface area contributed by atoms with Crippen molar-refractivity contribution in [1.29, 1.82) is 0 Å². The van der Waals surface area contributed by atoms with Crippen LogP contribution < -0.4 is 10.1 Å². The molecular weight excluding hydrogens is 392 g/mol. The summed E-state index contributed by atoms with van der Waals surface area (Å²) in [5.74, 6) is 0.585. The van der Waals surface area contributed by atoms with E-state index in [1.165, 1.54) is 22.9 Å². The van der Waals surface area contributed by atoms with Crippen LogP contribution in [0.5, 0.6) is 5.75 Å². The van der Waals surface area contributed by atoms with Crippen LogP contribution in [-0.4, -0.2) is 11.1 Å². The third-order valence-electron chi connectivity index (χ3n) is 4.64. The van der Waals surface area contributed by atoms with E-state index in [1.54, 1.807) is 0 Å². The number of para-hydroxylation sites is 1. The number of carbonyl (C=O) groups excluding carboxylic acids is 1. The number of nitrogens with one attached hydrogen (secondary N) is 1. The van der Waals surface area contributed by atoms with Gasteiger partial charge in [0.15, 0.2) is 5.17 Å². The first-order chi connectivity index (χ1) is 14.6. The molecule has 0 radical (unpaired) electrons. The van der Waals surface area contributed by atoms with E-state index in [0.29, 0.717) is 16.7 Å². The average Bonchev–Trinajstić information content (AvgIpc) is 3.09. The monoisotopic (exact) mass is 414 g/mol. The van der Waals surface area contributed by atoms with E-state index >= 15 is 0 Å². The molecule has 4 rings (SSSR count). The molecule has 1 N–H and O–H groups in total. The molecule has 1 fully saturated rings. The molecule has 0 aliphatic carbocycles. The number of rotatable bonds is 5. The van der Waals surface area contributed by atoms with Crippen LogP contribution in [0.2, 0.25) is 0 Å². The molecule has 0 saturated carbocycles.